The molecule has 0 saturated heterocycles. The maximum absolute atomic E-state index is 9.17. The van der Waals surface area contributed by atoms with Gasteiger partial charge in [0.1, 0.15) is 5.75 Å². The van der Waals surface area contributed by atoms with E-state index in [9.17, 15) is 5.02 Å². The van der Waals surface area contributed by atoms with Gasteiger partial charge in [0.05, 0.1) is 5.41 Å². The van der Waals surface area contributed by atoms with Crippen LogP contribution in [-0.4, -0.2) is 12.7 Å². The fourth-order valence-corrected chi connectivity index (χ4v) is 6.12. The van der Waals surface area contributed by atoms with Gasteiger partial charge in [-0.25, -0.2) is 0 Å². The lowest BCUT2D eigenvalue weighted by molar-refractivity contribution is 0.454. The summed E-state index contributed by atoms with van der Waals surface area (Å²) in [4.78, 5) is 0. The van der Waals surface area contributed by atoms with Gasteiger partial charge < -0.3 is 9.68 Å². The van der Waals surface area contributed by atoms with Crippen molar-refractivity contribution in [1.82, 2.24) is 0 Å². The predicted molar refractivity (Wildman–Crippen MR) is 138 cm³/mol. The summed E-state index contributed by atoms with van der Waals surface area (Å²) in [6, 6.07) is 41.3. The van der Waals surface area contributed by atoms with Gasteiger partial charge in [0.15, 0.2) is 0 Å². The number of hydrogen-bond acceptors (Lipinski definition) is 2. The summed E-state index contributed by atoms with van der Waals surface area (Å²) < 4.78 is 5.33. The van der Waals surface area contributed by atoms with Crippen LogP contribution in [0.2, 0.25) is 0 Å². The summed E-state index contributed by atoms with van der Waals surface area (Å²) >= 11 is 0. The third-order valence-corrected chi connectivity index (χ3v) is 7.40. The minimum atomic E-state index is -0.331. The molecule has 0 aliphatic heterocycles. The molecule has 5 aromatic carbocycles. The summed E-state index contributed by atoms with van der Waals surface area (Å²) in [6.07, 6.45) is 0. The molecule has 7 rings (SSSR count). The SMILES string of the molecule is OBOc1cccc(-c2ccc3c(c2)-c2ccccc2C32c3ccccc3-c3ccccc32)c1. The zero-order valence-corrected chi connectivity index (χ0v) is 18.5. The van der Waals surface area contributed by atoms with Gasteiger partial charge in [-0.15, -0.1) is 0 Å². The van der Waals surface area contributed by atoms with Crippen LogP contribution >= 0.6 is 0 Å². The molecule has 0 aromatic heterocycles. The first-order valence-corrected chi connectivity index (χ1v) is 11.6. The largest absolute Gasteiger partial charge is 0.539 e. The van der Waals surface area contributed by atoms with Crippen LogP contribution in [0.5, 0.6) is 5.75 Å². The van der Waals surface area contributed by atoms with Gasteiger partial charge in [0.25, 0.3) is 0 Å². The number of benzene rings is 5. The van der Waals surface area contributed by atoms with Gasteiger partial charge in [0, 0.05) is 0 Å². The zero-order valence-electron chi connectivity index (χ0n) is 18.5. The topological polar surface area (TPSA) is 29.5 Å². The maximum Gasteiger partial charge on any atom is 0.504 e. The summed E-state index contributed by atoms with van der Waals surface area (Å²) in [5.41, 5.74) is 12.5. The Balaban J connectivity index is 1.53. The predicted octanol–water partition coefficient (Wildman–Crippen LogP) is 6.33. The first kappa shape index (κ1) is 19.4. The lowest BCUT2D eigenvalue weighted by Gasteiger charge is -2.30. The van der Waals surface area contributed by atoms with Crippen molar-refractivity contribution in [3.63, 3.8) is 0 Å². The van der Waals surface area contributed by atoms with Crippen molar-refractivity contribution in [3.05, 3.63) is 138 Å². The molecular weight excluding hydrogens is 415 g/mol. The van der Waals surface area contributed by atoms with E-state index < -0.39 is 0 Å². The van der Waals surface area contributed by atoms with Gasteiger partial charge in [-0.05, 0) is 73.8 Å². The van der Waals surface area contributed by atoms with Crippen LogP contribution in [0.4, 0.5) is 0 Å². The molecule has 2 nitrogen and oxygen atoms in total. The molecule has 160 valence electrons. The molecule has 1 N–H and O–H groups in total. The van der Waals surface area contributed by atoms with Gasteiger partial charge in [-0.3, -0.25) is 0 Å². The molecule has 0 fully saturated rings. The molecule has 5 aromatic rings. The van der Waals surface area contributed by atoms with Crippen LogP contribution in [-0.2, 0) is 5.41 Å². The Hall–Kier alpha value is -4.08. The molecule has 0 unspecified atom stereocenters. The number of hydrogen-bond donors (Lipinski definition) is 1. The third-order valence-electron chi connectivity index (χ3n) is 7.40. The van der Waals surface area contributed by atoms with Crippen molar-refractivity contribution in [2.75, 3.05) is 0 Å². The van der Waals surface area contributed by atoms with E-state index in [0.29, 0.717) is 5.75 Å². The van der Waals surface area contributed by atoms with Crippen LogP contribution in [0.3, 0.4) is 0 Å². The molecule has 34 heavy (non-hydrogen) atoms. The highest BCUT2D eigenvalue weighted by molar-refractivity contribution is 6.17. The minimum Gasteiger partial charge on any atom is -0.539 e. The summed E-state index contributed by atoms with van der Waals surface area (Å²) in [7, 11) is -0.331. The van der Waals surface area contributed by atoms with Crippen LogP contribution in [0.15, 0.2) is 115 Å². The standard InChI is InChI=1S/C31H21BO2/c33-32-34-22-9-7-8-20(18-22)21-16-17-30-26(19-21)25-12-3-6-15-29(25)31(30)27-13-4-1-10-23(27)24-11-2-5-14-28(24)31/h1-19,32-33H. The van der Waals surface area contributed by atoms with Gasteiger partial charge in [-0.2, -0.15) is 0 Å². The van der Waals surface area contributed by atoms with E-state index in [4.69, 9.17) is 4.65 Å². The van der Waals surface area contributed by atoms with E-state index in [1.54, 1.807) is 0 Å². The van der Waals surface area contributed by atoms with Crippen LogP contribution < -0.4 is 4.65 Å². The van der Waals surface area contributed by atoms with Crippen molar-refractivity contribution in [2.45, 2.75) is 5.41 Å². The Morgan fingerprint density at radius 2 is 1.03 bits per heavy atom. The smallest absolute Gasteiger partial charge is 0.504 e. The van der Waals surface area contributed by atoms with E-state index in [2.05, 4.69) is 97.1 Å². The number of fused-ring (bicyclic) bond motifs is 10. The second-order valence-electron chi connectivity index (χ2n) is 8.95. The Morgan fingerprint density at radius 3 is 1.65 bits per heavy atom. The lowest BCUT2D eigenvalue weighted by Crippen LogP contribution is -2.25. The molecule has 0 saturated carbocycles. The molecular formula is C31H21BO2. The fourth-order valence-electron chi connectivity index (χ4n) is 6.12. The molecule has 0 bridgehead atoms. The van der Waals surface area contributed by atoms with Crippen molar-refractivity contribution >= 4 is 7.69 Å². The van der Waals surface area contributed by atoms with Gasteiger partial charge in [0.2, 0.25) is 0 Å². The second-order valence-corrected chi connectivity index (χ2v) is 8.95. The first-order chi connectivity index (χ1) is 16.8. The van der Waals surface area contributed by atoms with E-state index in [0.717, 1.165) is 11.1 Å². The van der Waals surface area contributed by atoms with Crippen molar-refractivity contribution in [2.24, 2.45) is 0 Å². The first-order valence-electron chi connectivity index (χ1n) is 11.6. The van der Waals surface area contributed by atoms with Crippen molar-refractivity contribution in [1.29, 1.82) is 0 Å². The average molecular weight is 436 g/mol. The molecule has 2 aliphatic carbocycles. The molecule has 2 aliphatic rings. The van der Waals surface area contributed by atoms with Crippen molar-refractivity contribution in [3.8, 4) is 39.1 Å². The van der Waals surface area contributed by atoms with Crippen molar-refractivity contribution < 1.29 is 9.68 Å². The van der Waals surface area contributed by atoms with E-state index in [1.165, 1.54) is 44.5 Å². The lowest BCUT2D eigenvalue weighted by atomic mass is 9.70. The molecule has 0 amide bonds. The fraction of sp³-hybridized carbons (Fsp3) is 0.0323. The van der Waals surface area contributed by atoms with Gasteiger partial charge in [-0.1, -0.05) is 97.1 Å². The highest BCUT2D eigenvalue weighted by Crippen LogP contribution is 2.62. The summed E-state index contributed by atoms with van der Waals surface area (Å²) in [5, 5.41) is 9.17. The second kappa shape index (κ2) is 7.21. The Morgan fingerprint density at radius 1 is 0.500 bits per heavy atom. The molecule has 0 heterocycles. The van der Waals surface area contributed by atoms with E-state index in [-0.39, 0.29) is 13.1 Å². The van der Waals surface area contributed by atoms with Gasteiger partial charge >= 0.3 is 7.69 Å². The zero-order chi connectivity index (χ0) is 22.7. The highest BCUT2D eigenvalue weighted by atomic mass is 16.5. The Labute approximate surface area is 199 Å². The molecule has 0 radical (unpaired) electrons. The maximum atomic E-state index is 9.17. The monoisotopic (exact) mass is 436 g/mol. The average Bonchev–Trinajstić information content (AvgIpc) is 3.36. The quantitative estimate of drug-likeness (QED) is 0.328. The third kappa shape index (κ3) is 2.45. The van der Waals surface area contributed by atoms with Crippen LogP contribution in [0.25, 0.3) is 33.4 Å². The Kier molecular flexibility index (Phi) is 4.11. The Bertz CT molecular complexity index is 1540. The number of rotatable bonds is 3. The van der Waals surface area contributed by atoms with E-state index in [1.807, 2.05) is 18.2 Å². The molecule has 0 atom stereocenters. The normalized spacial score (nSPS) is 13.7. The highest BCUT2D eigenvalue weighted by Gasteiger charge is 2.51. The molecule has 3 heteroatoms. The molecule has 1 spiro atoms. The summed E-state index contributed by atoms with van der Waals surface area (Å²) in [6.45, 7) is 0. The minimum absolute atomic E-state index is 0.306. The van der Waals surface area contributed by atoms with E-state index >= 15 is 0 Å². The van der Waals surface area contributed by atoms with Crippen LogP contribution in [0, 0.1) is 0 Å². The summed E-state index contributed by atoms with van der Waals surface area (Å²) in [5.74, 6) is 0.663. The van der Waals surface area contributed by atoms with Crippen LogP contribution in [0.1, 0.15) is 22.3 Å².